The third-order valence-electron chi connectivity index (χ3n) is 5.17. The van der Waals surface area contributed by atoms with E-state index in [0.29, 0.717) is 18.5 Å². The Labute approximate surface area is 182 Å². The quantitative estimate of drug-likeness (QED) is 0.261. The van der Waals surface area contributed by atoms with Gasteiger partial charge in [-0.15, -0.1) is 0 Å². The maximum atomic E-state index is 5.75. The highest BCUT2D eigenvalue weighted by atomic mass is 16.5. The van der Waals surface area contributed by atoms with Crippen LogP contribution in [-0.2, 0) is 0 Å². The van der Waals surface area contributed by atoms with Crippen molar-refractivity contribution in [1.82, 2.24) is 15.0 Å². The van der Waals surface area contributed by atoms with Crippen molar-refractivity contribution in [3.8, 4) is 23.0 Å². The van der Waals surface area contributed by atoms with Gasteiger partial charge in [0.2, 0.25) is 5.88 Å². The minimum atomic E-state index is 0.444. The summed E-state index contributed by atoms with van der Waals surface area (Å²) in [6.45, 7) is 5.88. The number of hydrogen-bond donors (Lipinski definition) is 0. The maximum absolute atomic E-state index is 5.75. The first kappa shape index (κ1) is 24.1. The van der Waals surface area contributed by atoms with Crippen molar-refractivity contribution in [1.29, 1.82) is 0 Å². The molecule has 0 aromatic carbocycles. The van der Waals surface area contributed by atoms with E-state index in [1.54, 1.807) is 12.4 Å². The van der Waals surface area contributed by atoms with Gasteiger partial charge in [0.25, 0.3) is 0 Å². The number of unbranched alkanes of at least 4 members (excludes halogenated alkanes) is 10. The zero-order chi connectivity index (χ0) is 21.3. The first-order valence-electron chi connectivity index (χ1n) is 11.9. The van der Waals surface area contributed by atoms with Crippen molar-refractivity contribution in [3.63, 3.8) is 0 Å². The first-order valence-corrected chi connectivity index (χ1v) is 11.9. The molecule has 0 saturated heterocycles. The predicted octanol–water partition coefficient (Wildman–Crippen LogP) is 7.02. The highest BCUT2D eigenvalue weighted by molar-refractivity contribution is 5.60. The minimum Gasteiger partial charge on any atom is -0.478 e. The zero-order valence-corrected chi connectivity index (χ0v) is 18.9. The zero-order valence-electron chi connectivity index (χ0n) is 18.9. The van der Waals surface area contributed by atoms with E-state index in [1.807, 2.05) is 18.3 Å². The van der Waals surface area contributed by atoms with Gasteiger partial charge in [-0.25, -0.2) is 15.0 Å². The minimum absolute atomic E-state index is 0.444. The molecule has 5 nitrogen and oxygen atoms in total. The van der Waals surface area contributed by atoms with Gasteiger partial charge < -0.3 is 9.47 Å². The van der Waals surface area contributed by atoms with Gasteiger partial charge >= 0.3 is 6.01 Å². The van der Waals surface area contributed by atoms with Crippen LogP contribution in [0.25, 0.3) is 11.1 Å². The molecule has 0 aliphatic carbocycles. The summed E-state index contributed by atoms with van der Waals surface area (Å²) < 4.78 is 11.4. The summed E-state index contributed by atoms with van der Waals surface area (Å²) in [6, 6.07) is 4.35. The predicted molar refractivity (Wildman–Crippen MR) is 123 cm³/mol. The summed E-state index contributed by atoms with van der Waals surface area (Å²) in [5, 5.41) is 0. The SMILES string of the molecule is CCCCCCCCOc1ccc(-c2cnc(OCCCCCCCC)nc2)cn1. The molecule has 0 atom stereocenters. The lowest BCUT2D eigenvalue weighted by atomic mass is 10.1. The van der Waals surface area contributed by atoms with E-state index >= 15 is 0 Å². The summed E-state index contributed by atoms with van der Waals surface area (Å²) in [4.78, 5) is 13.1. The van der Waals surface area contributed by atoms with Gasteiger partial charge in [0.1, 0.15) is 0 Å². The van der Waals surface area contributed by atoms with Gasteiger partial charge in [-0.05, 0) is 18.9 Å². The Morgan fingerprint density at radius 2 is 1.10 bits per heavy atom. The van der Waals surface area contributed by atoms with Crippen molar-refractivity contribution in [2.75, 3.05) is 13.2 Å². The average Bonchev–Trinajstić information content (AvgIpc) is 2.79. The Hall–Kier alpha value is -2.17. The Morgan fingerprint density at radius 3 is 1.67 bits per heavy atom. The second-order valence-corrected chi connectivity index (χ2v) is 7.87. The number of aromatic nitrogens is 3. The van der Waals surface area contributed by atoms with E-state index in [0.717, 1.165) is 30.6 Å². The molecule has 0 fully saturated rings. The lowest BCUT2D eigenvalue weighted by Gasteiger charge is -2.07. The Bertz CT molecular complexity index is 600. The van der Waals surface area contributed by atoms with Crippen molar-refractivity contribution >= 4 is 0 Å². The molecule has 0 saturated carbocycles. The molecule has 0 aliphatic heterocycles. The van der Waals surface area contributed by atoms with Crippen LogP contribution in [0.4, 0.5) is 0 Å². The Balaban J connectivity index is 1.65. The lowest BCUT2D eigenvalue weighted by Crippen LogP contribution is -2.01. The molecule has 0 N–H and O–H groups in total. The molecule has 0 spiro atoms. The Kier molecular flexibility index (Phi) is 12.6. The lowest BCUT2D eigenvalue weighted by molar-refractivity contribution is 0.281. The maximum Gasteiger partial charge on any atom is 0.316 e. The first-order chi connectivity index (χ1) is 14.8. The summed E-state index contributed by atoms with van der Waals surface area (Å²) >= 11 is 0. The third-order valence-corrected chi connectivity index (χ3v) is 5.17. The van der Waals surface area contributed by atoms with Gasteiger partial charge in [0.15, 0.2) is 0 Å². The van der Waals surface area contributed by atoms with Gasteiger partial charge in [-0.3, -0.25) is 0 Å². The molecule has 2 aromatic heterocycles. The normalized spacial score (nSPS) is 10.9. The molecule has 0 bridgehead atoms. The fraction of sp³-hybridized carbons (Fsp3) is 0.640. The molecule has 0 unspecified atom stereocenters. The van der Waals surface area contributed by atoms with E-state index in [9.17, 15) is 0 Å². The molecular weight excluding hydrogens is 374 g/mol. The van der Waals surface area contributed by atoms with Crippen LogP contribution < -0.4 is 9.47 Å². The molecule has 2 rings (SSSR count). The smallest absolute Gasteiger partial charge is 0.316 e. The summed E-state index contributed by atoms with van der Waals surface area (Å²) in [6.07, 6.45) is 20.4. The van der Waals surface area contributed by atoms with Crippen molar-refractivity contribution in [2.24, 2.45) is 0 Å². The molecule has 5 heteroatoms. The van der Waals surface area contributed by atoms with Crippen molar-refractivity contribution < 1.29 is 9.47 Å². The molecule has 0 radical (unpaired) electrons. The number of pyridine rings is 1. The van der Waals surface area contributed by atoms with Crippen LogP contribution >= 0.6 is 0 Å². The van der Waals surface area contributed by atoms with E-state index in [-0.39, 0.29) is 0 Å². The monoisotopic (exact) mass is 413 g/mol. The van der Waals surface area contributed by atoms with Crippen molar-refractivity contribution in [2.45, 2.75) is 90.9 Å². The number of rotatable bonds is 17. The standard InChI is InChI=1S/C25H39N3O2/c1-3-5-7-9-11-13-17-29-24-16-15-22(19-26-24)23-20-27-25(28-21-23)30-18-14-12-10-8-6-4-2/h15-16,19-21H,3-14,17-18H2,1-2H3. The third kappa shape index (κ3) is 10.0. The van der Waals surface area contributed by atoms with Gasteiger partial charge in [-0.1, -0.05) is 78.1 Å². The van der Waals surface area contributed by atoms with E-state index < -0.39 is 0 Å². The van der Waals surface area contributed by atoms with E-state index in [4.69, 9.17) is 9.47 Å². The van der Waals surface area contributed by atoms with Crippen LogP contribution in [0.2, 0.25) is 0 Å². The van der Waals surface area contributed by atoms with Crippen LogP contribution in [0.1, 0.15) is 90.9 Å². The Morgan fingerprint density at radius 1 is 0.567 bits per heavy atom. The number of hydrogen-bond acceptors (Lipinski definition) is 5. The van der Waals surface area contributed by atoms with Crippen LogP contribution in [0.3, 0.4) is 0 Å². The molecule has 2 aromatic rings. The van der Waals surface area contributed by atoms with E-state index in [2.05, 4.69) is 28.8 Å². The van der Waals surface area contributed by atoms with Gasteiger partial charge in [-0.2, -0.15) is 0 Å². The summed E-state index contributed by atoms with van der Waals surface area (Å²) in [5.41, 5.74) is 1.90. The van der Waals surface area contributed by atoms with Crippen molar-refractivity contribution in [3.05, 3.63) is 30.7 Å². The fourth-order valence-corrected chi connectivity index (χ4v) is 3.28. The average molecular weight is 414 g/mol. The number of ether oxygens (including phenoxy) is 2. The second-order valence-electron chi connectivity index (χ2n) is 7.87. The largest absolute Gasteiger partial charge is 0.478 e. The van der Waals surface area contributed by atoms with Gasteiger partial charge in [0.05, 0.1) is 13.2 Å². The van der Waals surface area contributed by atoms with Crippen LogP contribution in [-0.4, -0.2) is 28.2 Å². The molecule has 0 amide bonds. The second kappa shape index (κ2) is 15.6. The molecule has 0 aliphatic rings. The topological polar surface area (TPSA) is 57.1 Å². The summed E-state index contributed by atoms with van der Waals surface area (Å²) in [5.74, 6) is 0.673. The number of nitrogens with zero attached hydrogens (tertiary/aromatic N) is 3. The van der Waals surface area contributed by atoms with Crippen LogP contribution in [0.5, 0.6) is 11.9 Å². The highest BCUT2D eigenvalue weighted by Gasteiger charge is 2.04. The molecule has 2 heterocycles. The molecule has 166 valence electrons. The van der Waals surface area contributed by atoms with Gasteiger partial charge in [0, 0.05) is 35.8 Å². The van der Waals surface area contributed by atoms with Crippen LogP contribution in [0, 0.1) is 0 Å². The summed E-state index contributed by atoms with van der Waals surface area (Å²) in [7, 11) is 0. The molecular formula is C25H39N3O2. The fourth-order valence-electron chi connectivity index (χ4n) is 3.28. The van der Waals surface area contributed by atoms with Crippen LogP contribution in [0.15, 0.2) is 30.7 Å². The molecule has 30 heavy (non-hydrogen) atoms. The van der Waals surface area contributed by atoms with E-state index in [1.165, 1.54) is 64.2 Å². The highest BCUT2D eigenvalue weighted by Crippen LogP contribution is 2.20.